The number of nitrogens with zero attached hydrogens (tertiary/aromatic N) is 4. The molecule has 1 atom stereocenters. The van der Waals surface area contributed by atoms with E-state index in [0.717, 1.165) is 41.4 Å². The van der Waals surface area contributed by atoms with Crippen molar-refractivity contribution in [3.05, 3.63) is 54.5 Å². The quantitative estimate of drug-likeness (QED) is 0.595. The van der Waals surface area contributed by atoms with Gasteiger partial charge in [-0.15, -0.1) is 0 Å². The number of ether oxygens (including phenoxy) is 1. The fraction of sp³-hybridized carbons (Fsp3) is 0.286. The van der Waals surface area contributed by atoms with Crippen molar-refractivity contribution in [2.24, 2.45) is 7.05 Å². The normalized spacial score (nSPS) is 16.8. The summed E-state index contributed by atoms with van der Waals surface area (Å²) >= 11 is 0. The molecule has 0 bridgehead atoms. The van der Waals surface area contributed by atoms with E-state index < -0.39 is 0 Å². The molecule has 28 heavy (non-hydrogen) atoms. The number of nitrogens with one attached hydrogen (secondary N) is 1. The third-order valence-corrected chi connectivity index (χ3v) is 5.36. The van der Waals surface area contributed by atoms with Crippen LogP contribution in [0.2, 0.25) is 0 Å². The van der Waals surface area contributed by atoms with Gasteiger partial charge in [0.15, 0.2) is 0 Å². The molecule has 1 aliphatic rings. The monoisotopic (exact) mass is 375 g/mol. The molecular formula is C21H21N5O2. The SMILES string of the molecule is Cn1c2ccccc2c2c1cc(C(=O)NCC1CCCO1)n2-c1ncccn1. The lowest BCUT2D eigenvalue weighted by Gasteiger charge is -2.12. The molecule has 0 radical (unpaired) electrons. The summed E-state index contributed by atoms with van der Waals surface area (Å²) in [7, 11) is 2.01. The second-order valence-electron chi connectivity index (χ2n) is 7.07. The van der Waals surface area contributed by atoms with Crippen molar-refractivity contribution < 1.29 is 9.53 Å². The Kier molecular flexibility index (Phi) is 4.09. The minimum Gasteiger partial charge on any atom is -0.376 e. The van der Waals surface area contributed by atoms with Crippen LogP contribution < -0.4 is 5.32 Å². The maximum absolute atomic E-state index is 13.1. The van der Waals surface area contributed by atoms with Crippen LogP contribution in [0.1, 0.15) is 23.3 Å². The summed E-state index contributed by atoms with van der Waals surface area (Å²) in [6.45, 7) is 1.28. The van der Waals surface area contributed by atoms with Gasteiger partial charge in [-0.1, -0.05) is 18.2 Å². The Balaban J connectivity index is 1.66. The molecule has 3 aromatic heterocycles. The van der Waals surface area contributed by atoms with Crippen LogP contribution >= 0.6 is 0 Å². The maximum atomic E-state index is 13.1. The standard InChI is InChI=1S/C21H21N5O2/c1-25-16-8-3-2-7-15(16)19-17(25)12-18(26(19)21-22-9-5-10-23-21)20(27)24-13-14-6-4-11-28-14/h2-3,5,7-10,12,14H,4,6,11,13H2,1H3,(H,24,27). The first kappa shape index (κ1) is 16.9. The number of benzene rings is 1. The number of amides is 1. The zero-order valence-corrected chi connectivity index (χ0v) is 15.6. The predicted octanol–water partition coefficient (Wildman–Crippen LogP) is 2.82. The Bertz CT molecular complexity index is 1160. The average Bonchev–Trinajstić information content (AvgIpc) is 3.44. The summed E-state index contributed by atoms with van der Waals surface area (Å²) < 4.78 is 9.57. The second kappa shape index (κ2) is 6.76. The van der Waals surface area contributed by atoms with Gasteiger partial charge in [0.2, 0.25) is 5.95 Å². The van der Waals surface area contributed by atoms with E-state index in [1.807, 2.05) is 29.8 Å². The molecule has 0 spiro atoms. The van der Waals surface area contributed by atoms with E-state index in [2.05, 4.69) is 32.0 Å². The van der Waals surface area contributed by atoms with E-state index >= 15 is 0 Å². The van der Waals surface area contributed by atoms with Crippen LogP contribution in [0.25, 0.3) is 27.9 Å². The maximum Gasteiger partial charge on any atom is 0.268 e. The highest BCUT2D eigenvalue weighted by Crippen LogP contribution is 2.32. The lowest BCUT2D eigenvalue weighted by Crippen LogP contribution is -2.33. The lowest BCUT2D eigenvalue weighted by molar-refractivity contribution is 0.0852. The van der Waals surface area contributed by atoms with Gasteiger partial charge in [0, 0.05) is 38.0 Å². The summed E-state index contributed by atoms with van der Waals surface area (Å²) in [5, 5.41) is 4.08. The lowest BCUT2D eigenvalue weighted by atomic mass is 10.2. The molecule has 1 N–H and O–H groups in total. The number of rotatable bonds is 4. The van der Waals surface area contributed by atoms with E-state index in [0.29, 0.717) is 18.2 Å². The zero-order chi connectivity index (χ0) is 19.1. The number of carbonyl (C=O) groups excluding carboxylic acids is 1. The first-order chi connectivity index (χ1) is 13.7. The zero-order valence-electron chi connectivity index (χ0n) is 15.6. The summed E-state index contributed by atoms with van der Waals surface area (Å²) in [4.78, 5) is 21.9. The smallest absolute Gasteiger partial charge is 0.268 e. The number of hydrogen-bond acceptors (Lipinski definition) is 4. The highest BCUT2D eigenvalue weighted by Gasteiger charge is 2.24. The Morgan fingerprint density at radius 3 is 2.82 bits per heavy atom. The molecule has 1 amide bonds. The number of hydrogen-bond donors (Lipinski definition) is 1. The van der Waals surface area contributed by atoms with E-state index in [4.69, 9.17) is 4.74 Å². The van der Waals surface area contributed by atoms with Crippen LogP contribution in [-0.4, -0.2) is 44.3 Å². The minimum atomic E-state index is -0.150. The van der Waals surface area contributed by atoms with E-state index in [9.17, 15) is 4.79 Å². The number of aromatic nitrogens is 4. The van der Waals surface area contributed by atoms with Crippen LogP contribution in [-0.2, 0) is 11.8 Å². The molecule has 1 unspecified atom stereocenters. The van der Waals surface area contributed by atoms with E-state index in [1.165, 1.54) is 0 Å². The van der Waals surface area contributed by atoms with Crippen LogP contribution in [0.3, 0.4) is 0 Å². The minimum absolute atomic E-state index is 0.0931. The van der Waals surface area contributed by atoms with Crippen LogP contribution in [0, 0.1) is 0 Å². The second-order valence-corrected chi connectivity index (χ2v) is 7.07. The molecule has 1 aliphatic heterocycles. The summed E-state index contributed by atoms with van der Waals surface area (Å²) in [5.41, 5.74) is 3.53. The number of carbonyl (C=O) groups is 1. The van der Waals surface area contributed by atoms with Crippen molar-refractivity contribution in [2.75, 3.05) is 13.2 Å². The van der Waals surface area contributed by atoms with Gasteiger partial charge in [-0.05, 0) is 31.0 Å². The number of fused-ring (bicyclic) bond motifs is 3. The predicted molar refractivity (Wildman–Crippen MR) is 107 cm³/mol. The van der Waals surface area contributed by atoms with Gasteiger partial charge >= 0.3 is 0 Å². The molecule has 142 valence electrons. The molecule has 0 aliphatic carbocycles. The fourth-order valence-corrected chi connectivity index (χ4v) is 3.99. The molecule has 0 saturated carbocycles. The third-order valence-electron chi connectivity index (χ3n) is 5.36. The first-order valence-electron chi connectivity index (χ1n) is 9.50. The van der Waals surface area contributed by atoms with Crippen molar-refractivity contribution in [1.29, 1.82) is 0 Å². The Morgan fingerprint density at radius 2 is 2.04 bits per heavy atom. The highest BCUT2D eigenvalue weighted by molar-refractivity contribution is 6.10. The van der Waals surface area contributed by atoms with E-state index in [1.54, 1.807) is 18.5 Å². The molecule has 5 rings (SSSR count). The molecule has 4 heterocycles. The van der Waals surface area contributed by atoms with Crippen molar-refractivity contribution >= 4 is 27.8 Å². The molecule has 1 aromatic carbocycles. The average molecular weight is 375 g/mol. The van der Waals surface area contributed by atoms with Crippen LogP contribution in [0.5, 0.6) is 0 Å². The van der Waals surface area contributed by atoms with Crippen LogP contribution in [0.15, 0.2) is 48.8 Å². The third kappa shape index (κ3) is 2.66. The molecule has 1 fully saturated rings. The molecule has 7 heteroatoms. The van der Waals surface area contributed by atoms with Crippen molar-refractivity contribution in [3.63, 3.8) is 0 Å². The molecule has 7 nitrogen and oxygen atoms in total. The van der Waals surface area contributed by atoms with Crippen molar-refractivity contribution in [1.82, 2.24) is 24.4 Å². The Hall–Kier alpha value is -3.19. The number of para-hydroxylation sites is 1. The van der Waals surface area contributed by atoms with Gasteiger partial charge in [0.25, 0.3) is 5.91 Å². The summed E-state index contributed by atoms with van der Waals surface area (Å²) in [6, 6.07) is 11.8. The molecular weight excluding hydrogens is 354 g/mol. The van der Waals surface area contributed by atoms with Crippen LogP contribution in [0.4, 0.5) is 0 Å². The van der Waals surface area contributed by atoms with Crippen molar-refractivity contribution in [3.8, 4) is 5.95 Å². The fourth-order valence-electron chi connectivity index (χ4n) is 3.99. The van der Waals surface area contributed by atoms with Gasteiger partial charge in [-0.25, -0.2) is 9.97 Å². The van der Waals surface area contributed by atoms with Gasteiger partial charge in [0.1, 0.15) is 5.69 Å². The highest BCUT2D eigenvalue weighted by atomic mass is 16.5. The molecule has 1 saturated heterocycles. The Morgan fingerprint density at radius 1 is 1.21 bits per heavy atom. The molecule has 4 aromatic rings. The van der Waals surface area contributed by atoms with Gasteiger partial charge in [-0.3, -0.25) is 9.36 Å². The van der Waals surface area contributed by atoms with Gasteiger partial charge in [0.05, 0.1) is 22.7 Å². The summed E-state index contributed by atoms with van der Waals surface area (Å²) in [6.07, 6.45) is 5.50. The topological polar surface area (TPSA) is 74.0 Å². The number of aryl methyl sites for hydroxylation is 1. The first-order valence-corrected chi connectivity index (χ1v) is 9.50. The Labute approximate surface area is 162 Å². The largest absolute Gasteiger partial charge is 0.376 e. The van der Waals surface area contributed by atoms with Gasteiger partial charge in [-0.2, -0.15) is 0 Å². The van der Waals surface area contributed by atoms with E-state index in [-0.39, 0.29) is 12.0 Å². The van der Waals surface area contributed by atoms with Gasteiger partial charge < -0.3 is 14.6 Å². The summed E-state index contributed by atoms with van der Waals surface area (Å²) in [5.74, 6) is 0.333. The van der Waals surface area contributed by atoms with Crippen molar-refractivity contribution in [2.45, 2.75) is 18.9 Å².